The minimum absolute atomic E-state index is 0.0196. The Morgan fingerprint density at radius 2 is 0.325 bits per heavy atom. The van der Waals surface area contributed by atoms with Gasteiger partial charge in [-0.05, 0) is 291 Å². The predicted octanol–water partition coefficient (Wildman–Crippen LogP) is 31.1. The first-order valence-corrected chi connectivity index (χ1v) is 39.9. The van der Waals surface area contributed by atoms with Gasteiger partial charge in [-0.1, -0.05) is 241 Å². The maximum atomic E-state index is 12.6. The van der Waals surface area contributed by atoms with Gasteiger partial charge in [-0.15, -0.1) is 0 Å². The SMILES string of the molecule is CC1CCC(C)CC1.CC1CCC(C)CC1.CC1COC(C)OC1.Cc1cc(F)c(C)c(F)c1.Cc1cc(F)c(C)c(F)c1.Cc1cc(F)c(C)c(F)c1.Cc1ccc(C)c(F)c1.Cc1ccc(C)c(F)c1.Cc1ccc(C)c(F)c1.Cc1ccc(C)c(F)c1.Cc1ccc(C)cc1.Cc1ccc(C)cc1.Cc1ccc(C)cc1. The number of benzene rings is 10. The molecule has 2 saturated carbocycles. The molecule has 0 unspecified atom stereocenters. The molecule has 3 aliphatic rings. The third-order valence-corrected chi connectivity index (χ3v) is 19.1. The highest BCUT2D eigenvalue weighted by molar-refractivity contribution is 5.29. The summed E-state index contributed by atoms with van der Waals surface area (Å²) < 4.78 is 136. The molecular formula is C102H134F10O2. The summed E-state index contributed by atoms with van der Waals surface area (Å²) in [5.74, 6) is 1.34. The minimum atomic E-state index is -0.475. The zero-order valence-corrected chi connectivity index (χ0v) is 73.5. The van der Waals surface area contributed by atoms with Gasteiger partial charge < -0.3 is 9.47 Å². The number of aryl methyl sites for hydroxylation is 17. The van der Waals surface area contributed by atoms with Gasteiger partial charge in [0, 0.05) is 22.6 Å². The number of hydrogen-bond acceptors (Lipinski definition) is 2. The summed E-state index contributed by atoms with van der Waals surface area (Å²) in [7, 11) is 0. The maximum absolute atomic E-state index is 12.6. The van der Waals surface area contributed by atoms with Crippen molar-refractivity contribution in [2.75, 3.05) is 13.2 Å². The van der Waals surface area contributed by atoms with Crippen LogP contribution in [0.1, 0.15) is 204 Å². The monoisotopic (exact) mass is 1580 g/mol. The molecule has 624 valence electrons. The van der Waals surface area contributed by atoms with Gasteiger partial charge in [0.2, 0.25) is 0 Å². The average Bonchev–Trinajstić information content (AvgIpc) is 0.915. The summed E-state index contributed by atoms with van der Waals surface area (Å²) in [4.78, 5) is 0. The smallest absolute Gasteiger partial charge is 0.154 e. The van der Waals surface area contributed by atoms with Gasteiger partial charge in [-0.2, -0.15) is 0 Å². The van der Waals surface area contributed by atoms with Crippen molar-refractivity contribution in [2.24, 2.45) is 29.6 Å². The van der Waals surface area contributed by atoms with Crippen LogP contribution in [0.15, 0.2) is 182 Å². The lowest BCUT2D eigenvalue weighted by atomic mass is 9.84. The Bertz CT molecular complexity index is 3670. The number of ether oxygens (including phenoxy) is 2. The Morgan fingerprint density at radius 1 is 0.184 bits per heavy atom. The van der Waals surface area contributed by atoms with Crippen molar-refractivity contribution in [3.05, 3.63) is 351 Å². The van der Waals surface area contributed by atoms with E-state index >= 15 is 0 Å². The van der Waals surface area contributed by atoms with E-state index in [-0.39, 0.29) is 46.2 Å². The molecule has 2 nitrogen and oxygen atoms in total. The molecule has 114 heavy (non-hydrogen) atoms. The fourth-order valence-corrected chi connectivity index (χ4v) is 10.6. The molecule has 2 aliphatic carbocycles. The lowest BCUT2D eigenvalue weighted by Crippen LogP contribution is -2.27. The van der Waals surface area contributed by atoms with Crippen molar-refractivity contribution in [3.63, 3.8) is 0 Å². The first kappa shape index (κ1) is 103. The van der Waals surface area contributed by atoms with E-state index in [1.165, 1.54) is 166 Å². The van der Waals surface area contributed by atoms with Crippen LogP contribution in [-0.4, -0.2) is 19.5 Å². The second-order valence-electron chi connectivity index (χ2n) is 31.6. The Kier molecular flexibility index (Phi) is 50.7. The third-order valence-electron chi connectivity index (χ3n) is 19.1. The Labute approximate surface area is 681 Å². The highest BCUT2D eigenvalue weighted by atomic mass is 19.2. The third kappa shape index (κ3) is 47.3. The van der Waals surface area contributed by atoms with E-state index in [1.54, 1.807) is 72.7 Å². The first-order valence-electron chi connectivity index (χ1n) is 39.9. The van der Waals surface area contributed by atoms with Crippen molar-refractivity contribution in [2.45, 2.75) is 238 Å². The van der Waals surface area contributed by atoms with Crippen LogP contribution in [0.3, 0.4) is 0 Å². The number of hydrogen-bond donors (Lipinski definition) is 0. The second-order valence-corrected chi connectivity index (χ2v) is 31.6. The molecule has 0 bridgehead atoms. The first-order chi connectivity index (χ1) is 53.3. The Hall–Kier alpha value is -8.58. The van der Waals surface area contributed by atoms with Crippen LogP contribution in [0.4, 0.5) is 43.9 Å². The lowest BCUT2D eigenvalue weighted by molar-refractivity contribution is -0.187. The predicted molar refractivity (Wildman–Crippen MR) is 463 cm³/mol. The van der Waals surface area contributed by atoms with Crippen LogP contribution in [0.2, 0.25) is 0 Å². The quantitative estimate of drug-likeness (QED) is 0.141. The molecular weight excluding hydrogens is 1450 g/mol. The van der Waals surface area contributed by atoms with E-state index in [4.69, 9.17) is 9.47 Å². The summed E-state index contributed by atoms with van der Waals surface area (Å²) in [5.41, 5.74) is 16.8. The van der Waals surface area contributed by atoms with E-state index < -0.39 is 34.9 Å². The molecule has 1 heterocycles. The molecule has 0 N–H and O–H groups in total. The molecule has 12 heteroatoms. The van der Waals surface area contributed by atoms with E-state index in [9.17, 15) is 43.9 Å². The van der Waals surface area contributed by atoms with Gasteiger partial charge in [0.1, 0.15) is 58.2 Å². The van der Waals surface area contributed by atoms with Gasteiger partial charge in [0.05, 0.1) is 13.2 Å². The van der Waals surface area contributed by atoms with E-state index in [1.807, 2.05) is 58.9 Å². The van der Waals surface area contributed by atoms with Gasteiger partial charge in [0.25, 0.3) is 0 Å². The van der Waals surface area contributed by atoms with Crippen molar-refractivity contribution in [1.82, 2.24) is 0 Å². The van der Waals surface area contributed by atoms with Crippen molar-refractivity contribution in [3.8, 4) is 0 Å². The molecule has 1 aliphatic heterocycles. The zero-order valence-electron chi connectivity index (χ0n) is 73.5. The molecule has 0 amide bonds. The molecule has 3 fully saturated rings. The van der Waals surface area contributed by atoms with Crippen LogP contribution in [0, 0.1) is 226 Å². The number of halogens is 10. The topological polar surface area (TPSA) is 18.5 Å². The van der Waals surface area contributed by atoms with Crippen LogP contribution < -0.4 is 0 Å². The van der Waals surface area contributed by atoms with E-state index in [0.717, 1.165) is 59.1 Å². The van der Waals surface area contributed by atoms with Crippen LogP contribution >= 0.6 is 0 Å². The fraction of sp³-hybridized carbons (Fsp3) is 0.412. The van der Waals surface area contributed by atoms with Crippen molar-refractivity contribution >= 4 is 0 Å². The fourth-order valence-electron chi connectivity index (χ4n) is 10.6. The van der Waals surface area contributed by atoms with Crippen molar-refractivity contribution < 1.29 is 53.4 Å². The standard InChI is InChI=1S/3C8H8F2.4C8H9F.2C8H16.3C8H10.C6H12O2/c3*1-5-3-7(9)6(2)8(10)4-5;4*1-6-3-4-7(2)8(9)5-6;5*1-7-3-5-8(2)6-4-7;1-5-3-7-6(2)8-4-5/h3*3-4H,1-2H3;4*3-5H,1-2H3;2*7-8H,3-6H2,1-2H3;3*3-6H,1-2H3;5-6H,3-4H2,1-2H3. The molecule has 10 aromatic carbocycles. The molecule has 0 radical (unpaired) electrons. The van der Waals surface area contributed by atoms with Gasteiger partial charge in [0.15, 0.2) is 6.29 Å². The van der Waals surface area contributed by atoms with Gasteiger partial charge in [-0.25, -0.2) is 43.9 Å². The molecule has 0 aromatic heterocycles. The summed E-state index contributed by atoms with van der Waals surface area (Å²) >= 11 is 0. The number of rotatable bonds is 0. The zero-order chi connectivity index (χ0) is 86.5. The van der Waals surface area contributed by atoms with Crippen molar-refractivity contribution in [1.29, 1.82) is 0 Å². The van der Waals surface area contributed by atoms with Crippen LogP contribution in [-0.2, 0) is 9.47 Å². The maximum Gasteiger partial charge on any atom is 0.154 e. The summed E-state index contributed by atoms with van der Waals surface area (Å²) in [6, 6.07) is 54.2. The highest BCUT2D eigenvalue weighted by Crippen LogP contribution is 2.28. The Morgan fingerprint density at radius 3 is 0.456 bits per heavy atom. The molecule has 1 saturated heterocycles. The summed E-state index contributed by atoms with van der Waals surface area (Å²) in [5, 5.41) is 0. The minimum Gasteiger partial charge on any atom is -0.353 e. The second kappa shape index (κ2) is 55.8. The van der Waals surface area contributed by atoms with Gasteiger partial charge in [-0.3, -0.25) is 0 Å². The van der Waals surface area contributed by atoms with Crippen LogP contribution in [0.25, 0.3) is 0 Å². The average molecular weight is 1580 g/mol. The Balaban J connectivity index is 0.000000618. The molecule has 10 aromatic rings. The summed E-state index contributed by atoms with van der Waals surface area (Å²) in [6.07, 6.45) is 11.8. The highest BCUT2D eigenvalue weighted by Gasteiger charge is 2.16. The largest absolute Gasteiger partial charge is 0.353 e. The van der Waals surface area contributed by atoms with E-state index in [0.29, 0.717) is 44.9 Å². The molecule has 13 rings (SSSR count). The van der Waals surface area contributed by atoms with Crippen LogP contribution in [0.5, 0.6) is 0 Å². The summed E-state index contributed by atoms with van der Waals surface area (Å²) in [6.45, 7) is 51.6. The molecule has 0 spiro atoms. The lowest BCUT2D eigenvalue weighted by Gasteiger charge is -2.24. The normalized spacial score (nSPS) is 16.0. The van der Waals surface area contributed by atoms with E-state index in [2.05, 4.69) is 149 Å². The molecule has 0 atom stereocenters. The van der Waals surface area contributed by atoms with Gasteiger partial charge >= 0.3 is 0 Å².